The first kappa shape index (κ1) is 31.0. The van der Waals surface area contributed by atoms with Gasteiger partial charge in [0.2, 0.25) is 0 Å². The molecule has 0 bridgehead atoms. The Morgan fingerprint density at radius 2 is 1.65 bits per heavy atom. The molecule has 2 aliphatic heterocycles. The lowest BCUT2D eigenvalue weighted by Crippen LogP contribution is -2.31. The van der Waals surface area contributed by atoms with Crippen molar-refractivity contribution in [1.29, 1.82) is 0 Å². The normalized spacial score (nSPS) is 16.5. The number of carbonyl (C=O) groups is 1. The van der Waals surface area contributed by atoms with E-state index >= 15 is 0 Å². The third-order valence-electron chi connectivity index (χ3n) is 8.24. The van der Waals surface area contributed by atoms with E-state index < -0.39 is 18.3 Å². The number of halogens is 3. The van der Waals surface area contributed by atoms with Crippen molar-refractivity contribution in [3.63, 3.8) is 0 Å². The Morgan fingerprint density at radius 3 is 2.35 bits per heavy atom. The number of phenols is 1. The van der Waals surface area contributed by atoms with E-state index in [-0.39, 0.29) is 29.4 Å². The quantitative estimate of drug-likeness (QED) is 0.200. The average Bonchev–Trinajstić information content (AvgIpc) is 3.54. The Hall–Kier alpha value is -4.96. The van der Waals surface area contributed by atoms with Gasteiger partial charge in [-0.15, -0.1) is 13.2 Å². The van der Waals surface area contributed by atoms with Gasteiger partial charge in [-0.25, -0.2) is 0 Å². The lowest BCUT2D eigenvalue weighted by Gasteiger charge is -2.38. The molecule has 0 aliphatic carbocycles. The molecular weight excluding hydrogens is 595 g/mol. The fourth-order valence-corrected chi connectivity index (χ4v) is 6.16. The van der Waals surface area contributed by atoms with Gasteiger partial charge in [0.05, 0.1) is 18.7 Å². The second-order valence-corrected chi connectivity index (χ2v) is 11.5. The van der Waals surface area contributed by atoms with E-state index in [9.17, 15) is 23.1 Å². The highest BCUT2D eigenvalue weighted by atomic mass is 19.4. The summed E-state index contributed by atoms with van der Waals surface area (Å²) in [7, 11) is 1.45. The van der Waals surface area contributed by atoms with Crippen molar-refractivity contribution in [2.24, 2.45) is 0 Å². The van der Waals surface area contributed by atoms with Crippen molar-refractivity contribution < 1.29 is 32.5 Å². The number of amides is 1. The molecule has 4 aromatic rings. The molecule has 2 heterocycles. The highest BCUT2D eigenvalue weighted by molar-refractivity contribution is 6.26. The number of nitrogens with one attached hydrogen (secondary N) is 1. The van der Waals surface area contributed by atoms with Crippen molar-refractivity contribution in [2.45, 2.75) is 38.3 Å². The Labute approximate surface area is 265 Å². The second-order valence-electron chi connectivity index (χ2n) is 11.5. The summed E-state index contributed by atoms with van der Waals surface area (Å²) in [6, 6.07) is 25.8. The van der Waals surface area contributed by atoms with E-state index in [1.165, 1.54) is 49.8 Å². The Kier molecular flexibility index (Phi) is 8.90. The first-order valence-electron chi connectivity index (χ1n) is 15.1. The Morgan fingerprint density at radius 1 is 0.913 bits per heavy atom. The molecule has 0 radical (unpaired) electrons. The van der Waals surface area contributed by atoms with Crippen LogP contribution in [0.2, 0.25) is 0 Å². The fourth-order valence-electron chi connectivity index (χ4n) is 6.16. The van der Waals surface area contributed by atoms with Crippen LogP contribution in [0.1, 0.15) is 46.7 Å². The molecule has 0 spiro atoms. The van der Waals surface area contributed by atoms with Gasteiger partial charge in [0, 0.05) is 25.0 Å². The van der Waals surface area contributed by atoms with Crippen molar-refractivity contribution in [1.82, 2.24) is 9.80 Å². The molecule has 2 aliphatic rings. The summed E-state index contributed by atoms with van der Waals surface area (Å²) >= 11 is 0. The number of phenolic OH excluding ortho intramolecular Hbond substituents is 1. The van der Waals surface area contributed by atoms with Crippen LogP contribution >= 0.6 is 0 Å². The summed E-state index contributed by atoms with van der Waals surface area (Å²) in [5, 5.41) is 13.7. The minimum Gasteiger partial charge on any atom is -0.504 e. The molecule has 1 amide bonds. The van der Waals surface area contributed by atoms with Gasteiger partial charge in [-0.1, -0.05) is 54.6 Å². The SMILES string of the molecule is COc1cc2c(cc1O)C(C(=O)Nc1ccccc1)=CN(Cc1cccc(OC(F)(F)F)c1)C2c1ccc(CN2CCCC2)cc1. The molecule has 1 saturated heterocycles. The third kappa shape index (κ3) is 7.13. The molecule has 10 heteroatoms. The van der Waals surface area contributed by atoms with Crippen LogP contribution < -0.4 is 14.8 Å². The van der Waals surface area contributed by atoms with Crippen molar-refractivity contribution >= 4 is 17.2 Å². The van der Waals surface area contributed by atoms with Gasteiger partial charge >= 0.3 is 6.36 Å². The summed E-state index contributed by atoms with van der Waals surface area (Å²) < 4.78 is 48.8. The minimum atomic E-state index is -4.83. The summed E-state index contributed by atoms with van der Waals surface area (Å²) in [5.74, 6) is -0.622. The van der Waals surface area contributed by atoms with Gasteiger partial charge in [-0.2, -0.15) is 0 Å². The highest BCUT2D eigenvalue weighted by Crippen LogP contribution is 2.45. The molecule has 1 unspecified atom stereocenters. The number of nitrogens with zero attached hydrogens (tertiary/aromatic N) is 2. The molecule has 6 rings (SSSR count). The van der Waals surface area contributed by atoms with Crippen molar-refractivity contribution in [3.05, 3.63) is 125 Å². The van der Waals surface area contributed by atoms with Crippen LogP contribution in [0, 0.1) is 0 Å². The van der Waals surface area contributed by atoms with E-state index in [0.717, 1.165) is 25.2 Å². The van der Waals surface area contributed by atoms with Crippen LogP contribution in [0.15, 0.2) is 97.2 Å². The van der Waals surface area contributed by atoms with Gasteiger partial charge in [-0.3, -0.25) is 9.69 Å². The number of fused-ring (bicyclic) bond motifs is 1. The number of methoxy groups -OCH3 is 1. The first-order chi connectivity index (χ1) is 22.2. The molecule has 238 valence electrons. The molecule has 0 saturated carbocycles. The number of likely N-dealkylation sites (tertiary alicyclic amines) is 1. The summed E-state index contributed by atoms with van der Waals surface area (Å²) in [4.78, 5) is 18.1. The van der Waals surface area contributed by atoms with E-state index in [2.05, 4.69) is 27.1 Å². The number of aromatic hydroxyl groups is 1. The largest absolute Gasteiger partial charge is 0.573 e. The Bertz CT molecular complexity index is 1720. The number of carbonyl (C=O) groups excluding carboxylic acids is 1. The monoisotopic (exact) mass is 629 g/mol. The van der Waals surface area contributed by atoms with E-state index in [0.29, 0.717) is 22.4 Å². The zero-order chi connectivity index (χ0) is 32.3. The predicted molar refractivity (Wildman–Crippen MR) is 169 cm³/mol. The molecule has 4 aromatic carbocycles. The minimum absolute atomic E-state index is 0.121. The number of para-hydroxylation sites is 1. The predicted octanol–water partition coefficient (Wildman–Crippen LogP) is 7.48. The fraction of sp³-hybridized carbons (Fsp3) is 0.250. The van der Waals surface area contributed by atoms with Crippen molar-refractivity contribution in [3.8, 4) is 17.2 Å². The summed E-state index contributed by atoms with van der Waals surface area (Å²) in [6.45, 7) is 3.15. The van der Waals surface area contributed by atoms with Crippen LogP contribution in [0.5, 0.6) is 17.2 Å². The lowest BCUT2D eigenvalue weighted by molar-refractivity contribution is -0.274. The molecular formula is C36H34F3N3O4. The smallest absolute Gasteiger partial charge is 0.504 e. The maximum Gasteiger partial charge on any atom is 0.573 e. The zero-order valence-corrected chi connectivity index (χ0v) is 25.3. The molecule has 1 atom stereocenters. The maximum absolute atomic E-state index is 13.8. The van der Waals surface area contributed by atoms with Gasteiger partial charge in [0.15, 0.2) is 11.5 Å². The summed E-state index contributed by atoms with van der Waals surface area (Å²) in [5.41, 5.74) is 4.71. The van der Waals surface area contributed by atoms with Crippen LogP contribution in [0.25, 0.3) is 5.57 Å². The van der Waals surface area contributed by atoms with Gasteiger partial charge in [0.1, 0.15) is 5.75 Å². The number of alkyl halides is 3. The first-order valence-corrected chi connectivity index (χ1v) is 15.1. The molecule has 7 nitrogen and oxygen atoms in total. The number of anilines is 1. The van der Waals surface area contributed by atoms with Crippen LogP contribution in [0.4, 0.5) is 18.9 Å². The number of hydrogen-bond acceptors (Lipinski definition) is 6. The van der Waals surface area contributed by atoms with Gasteiger partial charge < -0.3 is 24.8 Å². The van der Waals surface area contributed by atoms with Crippen LogP contribution in [-0.4, -0.2) is 47.4 Å². The number of rotatable bonds is 9. The Balaban J connectivity index is 1.43. The van der Waals surface area contributed by atoms with Gasteiger partial charge in [-0.05, 0) is 90.1 Å². The van der Waals surface area contributed by atoms with E-state index in [4.69, 9.17) is 4.74 Å². The second kappa shape index (κ2) is 13.2. The van der Waals surface area contributed by atoms with Crippen molar-refractivity contribution in [2.75, 3.05) is 25.5 Å². The molecule has 46 heavy (non-hydrogen) atoms. The lowest BCUT2D eigenvalue weighted by atomic mass is 9.85. The maximum atomic E-state index is 13.8. The third-order valence-corrected chi connectivity index (χ3v) is 8.24. The average molecular weight is 630 g/mol. The highest BCUT2D eigenvalue weighted by Gasteiger charge is 2.34. The van der Waals surface area contributed by atoms with Gasteiger partial charge in [0.25, 0.3) is 5.91 Å². The number of ether oxygens (including phenoxy) is 2. The summed E-state index contributed by atoms with van der Waals surface area (Å²) in [6.07, 6.45) is -0.736. The van der Waals surface area contributed by atoms with E-state index in [1.54, 1.807) is 42.6 Å². The number of benzene rings is 4. The topological polar surface area (TPSA) is 74.3 Å². The van der Waals surface area contributed by atoms with Crippen LogP contribution in [-0.2, 0) is 17.9 Å². The zero-order valence-electron chi connectivity index (χ0n) is 25.3. The van der Waals surface area contributed by atoms with E-state index in [1.807, 2.05) is 23.1 Å². The number of hydrogen-bond donors (Lipinski definition) is 2. The standard InChI is InChI=1S/C36H34F3N3O4/c1-45-33-20-30-29(19-32(33)43)31(35(44)40-27-9-3-2-4-10-27)23-42(22-25-8-7-11-28(18-25)46-36(37,38)39)34(30)26-14-12-24(13-15-26)21-41-16-5-6-17-41/h2-4,7-15,18-20,23,34,43H,5-6,16-17,21-22H2,1H3,(H,40,44). The molecule has 2 N–H and O–H groups in total. The molecule has 1 fully saturated rings. The van der Waals surface area contributed by atoms with Crippen LogP contribution in [0.3, 0.4) is 0 Å². The molecule has 0 aromatic heterocycles.